The number of nitrogens with one attached hydrogen (secondary N) is 2. The minimum absolute atomic E-state index is 0.0762. The molecular formula is C18H23N3O3S. The molecule has 1 aromatic carbocycles. The van der Waals surface area contributed by atoms with Gasteiger partial charge in [0.15, 0.2) is 0 Å². The summed E-state index contributed by atoms with van der Waals surface area (Å²) in [6.45, 7) is 1.19. The highest BCUT2D eigenvalue weighted by Crippen LogP contribution is 2.34. The van der Waals surface area contributed by atoms with Gasteiger partial charge in [-0.15, -0.1) is 11.8 Å². The maximum Gasteiger partial charge on any atom is 0.242 e. The van der Waals surface area contributed by atoms with E-state index in [0.717, 1.165) is 23.4 Å². The number of rotatable bonds is 5. The molecule has 0 radical (unpaired) electrons. The van der Waals surface area contributed by atoms with Crippen LogP contribution in [0.15, 0.2) is 29.2 Å². The molecule has 2 aliphatic rings. The topological polar surface area (TPSA) is 78.5 Å². The molecular weight excluding hydrogens is 338 g/mol. The maximum atomic E-state index is 12.2. The number of carbonyl (C=O) groups excluding carboxylic acids is 3. The van der Waals surface area contributed by atoms with Crippen molar-refractivity contribution < 1.29 is 14.4 Å². The Morgan fingerprint density at radius 3 is 3.00 bits per heavy atom. The quantitative estimate of drug-likeness (QED) is 0.837. The van der Waals surface area contributed by atoms with Gasteiger partial charge in [0, 0.05) is 24.4 Å². The van der Waals surface area contributed by atoms with Crippen molar-refractivity contribution in [1.82, 2.24) is 10.6 Å². The molecule has 134 valence electrons. The smallest absolute Gasteiger partial charge is 0.242 e. The van der Waals surface area contributed by atoms with E-state index in [9.17, 15) is 14.4 Å². The Balaban J connectivity index is 1.50. The number of anilines is 1. The lowest BCUT2D eigenvalue weighted by Crippen LogP contribution is -2.45. The first-order valence-corrected chi connectivity index (χ1v) is 9.73. The van der Waals surface area contributed by atoms with E-state index in [-0.39, 0.29) is 17.7 Å². The Kier molecular flexibility index (Phi) is 5.96. The van der Waals surface area contributed by atoms with Gasteiger partial charge in [0.2, 0.25) is 17.7 Å². The first-order valence-electron chi connectivity index (χ1n) is 8.74. The van der Waals surface area contributed by atoms with Crippen molar-refractivity contribution in [2.24, 2.45) is 0 Å². The number of nitrogens with zero attached hydrogens (tertiary/aromatic N) is 1. The van der Waals surface area contributed by atoms with Crippen LogP contribution < -0.4 is 15.5 Å². The molecule has 2 aliphatic heterocycles. The Labute approximate surface area is 151 Å². The molecule has 6 nitrogen and oxygen atoms in total. The third-order valence-corrected chi connectivity index (χ3v) is 5.51. The van der Waals surface area contributed by atoms with E-state index in [2.05, 4.69) is 10.6 Å². The third-order valence-electron chi connectivity index (χ3n) is 4.46. The molecule has 1 aromatic rings. The van der Waals surface area contributed by atoms with E-state index < -0.39 is 6.04 Å². The molecule has 1 atom stereocenters. The van der Waals surface area contributed by atoms with Crippen molar-refractivity contribution in [2.75, 3.05) is 23.7 Å². The molecule has 1 saturated heterocycles. The fourth-order valence-electron chi connectivity index (χ4n) is 3.14. The predicted octanol–water partition coefficient (Wildman–Crippen LogP) is 1.69. The Morgan fingerprint density at radius 1 is 1.28 bits per heavy atom. The zero-order chi connectivity index (χ0) is 17.6. The number of benzene rings is 1. The number of carbonyl (C=O) groups is 3. The van der Waals surface area contributed by atoms with E-state index in [1.54, 1.807) is 16.7 Å². The van der Waals surface area contributed by atoms with Crippen LogP contribution in [0, 0.1) is 0 Å². The monoisotopic (exact) mass is 361 g/mol. The largest absolute Gasteiger partial charge is 0.354 e. The normalized spacial score (nSPS) is 20.5. The molecule has 2 heterocycles. The van der Waals surface area contributed by atoms with Crippen molar-refractivity contribution in [3.8, 4) is 0 Å². The van der Waals surface area contributed by atoms with E-state index in [1.165, 1.54) is 0 Å². The van der Waals surface area contributed by atoms with E-state index in [1.807, 2.05) is 24.3 Å². The molecule has 0 bridgehead atoms. The number of hydrogen-bond acceptors (Lipinski definition) is 4. The molecule has 1 fully saturated rings. The van der Waals surface area contributed by atoms with Crippen molar-refractivity contribution in [1.29, 1.82) is 0 Å². The minimum Gasteiger partial charge on any atom is -0.354 e. The number of fused-ring (bicyclic) bond motifs is 1. The van der Waals surface area contributed by atoms with Crippen LogP contribution in [0.1, 0.15) is 32.1 Å². The summed E-state index contributed by atoms with van der Waals surface area (Å²) in [5, 5.41) is 5.63. The lowest BCUT2D eigenvalue weighted by atomic mass is 10.1. The standard InChI is InChI=1S/C18H23N3O3S/c22-16(20-13-6-3-4-10-19-18(13)24)9-5-11-21-14-7-1-2-8-15(14)25-12-17(21)23/h1-2,7-8,13H,3-6,9-12H2,(H,19,24)(H,20,22). The summed E-state index contributed by atoms with van der Waals surface area (Å²) >= 11 is 1.55. The summed E-state index contributed by atoms with van der Waals surface area (Å²) in [6, 6.07) is 7.41. The van der Waals surface area contributed by atoms with Crippen LogP contribution in [0.4, 0.5) is 5.69 Å². The van der Waals surface area contributed by atoms with E-state index >= 15 is 0 Å². The predicted molar refractivity (Wildman–Crippen MR) is 97.5 cm³/mol. The van der Waals surface area contributed by atoms with Crippen LogP contribution in [-0.4, -0.2) is 42.6 Å². The molecule has 25 heavy (non-hydrogen) atoms. The number of thioether (sulfide) groups is 1. The van der Waals surface area contributed by atoms with Crippen molar-refractivity contribution in [2.45, 2.75) is 43.0 Å². The van der Waals surface area contributed by atoms with Gasteiger partial charge in [-0.05, 0) is 37.8 Å². The van der Waals surface area contributed by atoms with Gasteiger partial charge in [0.1, 0.15) is 6.04 Å². The van der Waals surface area contributed by atoms with Gasteiger partial charge < -0.3 is 15.5 Å². The second-order valence-electron chi connectivity index (χ2n) is 6.31. The Bertz CT molecular complexity index is 665. The Morgan fingerprint density at radius 2 is 2.12 bits per heavy atom. The van der Waals surface area contributed by atoms with Gasteiger partial charge in [-0.3, -0.25) is 14.4 Å². The van der Waals surface area contributed by atoms with Gasteiger partial charge in [-0.1, -0.05) is 12.1 Å². The summed E-state index contributed by atoms with van der Waals surface area (Å²) in [5.41, 5.74) is 0.923. The molecule has 1 unspecified atom stereocenters. The van der Waals surface area contributed by atoms with Crippen molar-refractivity contribution in [3.63, 3.8) is 0 Å². The van der Waals surface area contributed by atoms with Crippen LogP contribution in [-0.2, 0) is 14.4 Å². The van der Waals surface area contributed by atoms with Gasteiger partial charge in [-0.2, -0.15) is 0 Å². The Hall–Kier alpha value is -2.02. The lowest BCUT2D eigenvalue weighted by molar-refractivity contribution is -0.128. The molecule has 7 heteroatoms. The van der Waals surface area contributed by atoms with Gasteiger partial charge in [0.05, 0.1) is 11.4 Å². The van der Waals surface area contributed by atoms with Gasteiger partial charge in [-0.25, -0.2) is 0 Å². The molecule has 2 N–H and O–H groups in total. The highest BCUT2D eigenvalue weighted by Gasteiger charge is 2.25. The second kappa shape index (κ2) is 8.38. The van der Waals surface area contributed by atoms with Crippen LogP contribution in [0.25, 0.3) is 0 Å². The lowest BCUT2D eigenvalue weighted by Gasteiger charge is -2.28. The summed E-state index contributed by atoms with van der Waals surface area (Å²) in [7, 11) is 0. The summed E-state index contributed by atoms with van der Waals surface area (Å²) in [4.78, 5) is 39.1. The number of amides is 3. The molecule has 0 aromatic heterocycles. The molecule has 0 aliphatic carbocycles. The van der Waals surface area contributed by atoms with Crippen LogP contribution in [0.5, 0.6) is 0 Å². The van der Waals surface area contributed by atoms with Crippen LogP contribution >= 0.6 is 11.8 Å². The number of hydrogen-bond donors (Lipinski definition) is 2. The SMILES string of the molecule is O=C(CCCN1C(=O)CSc2ccccc21)NC1CCCCNC1=O. The highest BCUT2D eigenvalue weighted by molar-refractivity contribution is 8.00. The minimum atomic E-state index is -0.427. The zero-order valence-corrected chi connectivity index (χ0v) is 14.9. The zero-order valence-electron chi connectivity index (χ0n) is 14.1. The van der Waals surface area contributed by atoms with Gasteiger partial charge in [0.25, 0.3) is 0 Å². The molecule has 3 amide bonds. The summed E-state index contributed by atoms with van der Waals surface area (Å²) < 4.78 is 0. The molecule has 3 rings (SSSR count). The average Bonchev–Trinajstić information content (AvgIpc) is 2.81. The van der Waals surface area contributed by atoms with Gasteiger partial charge >= 0.3 is 0 Å². The molecule has 0 spiro atoms. The first kappa shape index (κ1) is 17.8. The van der Waals surface area contributed by atoms with E-state index in [0.29, 0.717) is 38.1 Å². The second-order valence-corrected chi connectivity index (χ2v) is 7.33. The first-order chi connectivity index (χ1) is 12.1. The third kappa shape index (κ3) is 4.54. The van der Waals surface area contributed by atoms with Crippen molar-refractivity contribution in [3.05, 3.63) is 24.3 Å². The average molecular weight is 361 g/mol. The summed E-state index contributed by atoms with van der Waals surface area (Å²) in [5.74, 6) is 0.287. The van der Waals surface area contributed by atoms with Crippen LogP contribution in [0.2, 0.25) is 0 Å². The molecule has 0 saturated carbocycles. The van der Waals surface area contributed by atoms with E-state index in [4.69, 9.17) is 0 Å². The fraction of sp³-hybridized carbons (Fsp3) is 0.500. The maximum absolute atomic E-state index is 12.2. The number of para-hydroxylation sites is 1. The highest BCUT2D eigenvalue weighted by atomic mass is 32.2. The van der Waals surface area contributed by atoms with Crippen molar-refractivity contribution >= 4 is 35.2 Å². The van der Waals surface area contributed by atoms with Crippen LogP contribution in [0.3, 0.4) is 0 Å². The summed E-state index contributed by atoms with van der Waals surface area (Å²) in [6.07, 6.45) is 3.45. The fourth-order valence-corrected chi connectivity index (χ4v) is 4.08.